The van der Waals surface area contributed by atoms with E-state index in [-0.39, 0.29) is 19.3 Å². The first-order valence-corrected chi connectivity index (χ1v) is 15.3. The smallest absolute Gasteiger partial charge is 0.353 e. The Morgan fingerprint density at radius 2 is 0.892 bits per heavy atom. The molecule has 17 heteroatoms. The van der Waals surface area contributed by atoms with Crippen LogP contribution < -0.4 is 0 Å². The lowest BCUT2D eigenvalue weighted by atomic mass is 9.84. The van der Waals surface area contributed by atoms with Gasteiger partial charge in [0.1, 0.15) is 31.0 Å². The molecule has 0 heterocycles. The van der Waals surface area contributed by atoms with Crippen LogP contribution in [-0.2, 0) is 46.8 Å². The van der Waals surface area contributed by atoms with Crippen molar-refractivity contribution >= 4 is 33.1 Å². The normalized spacial score (nSPS) is 29.0. The molecule has 0 aliphatic heterocycles. The van der Waals surface area contributed by atoms with E-state index in [0.29, 0.717) is 19.3 Å². The first kappa shape index (κ1) is 33.6. The average molecular weight is 578 g/mol. The molecule has 0 saturated heterocycles. The Kier molecular flexibility index (Phi) is 13.9. The summed E-state index contributed by atoms with van der Waals surface area (Å²) in [5.74, 6) is -2.69. The Balaban J connectivity index is 3.73. The maximum Gasteiger partial charge on any atom is 0.353 e. The van der Waals surface area contributed by atoms with E-state index in [4.69, 9.17) is 23.3 Å². The molecular weight excluding hydrogens is 542 g/mol. The van der Waals surface area contributed by atoms with Crippen LogP contribution in [0.15, 0.2) is 0 Å². The number of hydrogen-bond donors (Lipinski definition) is 5. The SMILES string of the molecule is CCCC(=O)O[C@@H]1[C@@H](OC(=O)CCC)[C@H](OP(=O)(O)CO)[C@@H](O)[C@@H](OP(=O)(O)CO)[C@H]1OC(=O)CCC. The van der Waals surface area contributed by atoms with Crippen LogP contribution in [0.4, 0.5) is 0 Å². The van der Waals surface area contributed by atoms with E-state index in [1.54, 1.807) is 20.8 Å². The summed E-state index contributed by atoms with van der Waals surface area (Å²) in [6.07, 6.45) is -14.4. The molecule has 1 aliphatic rings. The van der Waals surface area contributed by atoms with Crippen LogP contribution in [0.5, 0.6) is 0 Å². The molecule has 0 aromatic carbocycles. The zero-order valence-corrected chi connectivity index (χ0v) is 22.6. The molecule has 0 radical (unpaired) electrons. The van der Waals surface area contributed by atoms with Crippen molar-refractivity contribution < 1.29 is 71.9 Å². The summed E-state index contributed by atoms with van der Waals surface area (Å²) in [4.78, 5) is 57.1. The molecule has 1 fully saturated rings. The van der Waals surface area contributed by atoms with Crippen molar-refractivity contribution in [3.8, 4) is 0 Å². The minimum Gasteiger partial charge on any atom is -0.455 e. The summed E-state index contributed by atoms with van der Waals surface area (Å²) in [7, 11) is -9.74. The molecule has 0 bridgehead atoms. The van der Waals surface area contributed by atoms with Crippen molar-refractivity contribution in [3.63, 3.8) is 0 Å². The summed E-state index contributed by atoms with van der Waals surface area (Å²) in [5.41, 5.74) is 0. The molecular formula is C20H36O15P2. The molecule has 5 N–H and O–H groups in total. The molecule has 37 heavy (non-hydrogen) atoms. The van der Waals surface area contributed by atoms with Gasteiger partial charge in [-0.2, -0.15) is 0 Å². The van der Waals surface area contributed by atoms with Gasteiger partial charge in [0.2, 0.25) is 0 Å². The fourth-order valence-electron chi connectivity index (χ4n) is 3.48. The summed E-state index contributed by atoms with van der Waals surface area (Å²) in [5, 5.41) is 29.5. The molecule has 2 unspecified atom stereocenters. The summed E-state index contributed by atoms with van der Waals surface area (Å²) in [6, 6.07) is 0. The lowest BCUT2D eigenvalue weighted by Gasteiger charge is -2.47. The van der Waals surface area contributed by atoms with Gasteiger partial charge in [0.05, 0.1) is 0 Å². The van der Waals surface area contributed by atoms with Gasteiger partial charge in [0, 0.05) is 19.3 Å². The van der Waals surface area contributed by atoms with Crippen LogP contribution in [0.1, 0.15) is 59.3 Å². The van der Waals surface area contributed by atoms with Gasteiger partial charge in [-0.15, -0.1) is 0 Å². The topological polar surface area (TPSA) is 233 Å². The van der Waals surface area contributed by atoms with E-state index in [9.17, 15) is 48.6 Å². The molecule has 0 aromatic heterocycles. The number of aliphatic hydroxyl groups excluding tert-OH is 3. The van der Waals surface area contributed by atoms with Crippen LogP contribution in [-0.4, -0.2) is 92.3 Å². The number of aliphatic hydroxyl groups is 3. The fourth-order valence-corrected chi connectivity index (χ4v) is 4.86. The third-order valence-corrected chi connectivity index (χ3v) is 6.92. The Morgan fingerprint density at radius 1 is 0.622 bits per heavy atom. The zero-order chi connectivity index (χ0) is 28.4. The molecule has 1 aliphatic carbocycles. The Labute approximate surface area is 214 Å². The van der Waals surface area contributed by atoms with Crippen molar-refractivity contribution in [2.75, 3.05) is 12.7 Å². The Morgan fingerprint density at radius 3 is 1.14 bits per heavy atom. The van der Waals surface area contributed by atoms with Crippen LogP contribution >= 0.6 is 15.2 Å². The first-order valence-electron chi connectivity index (χ1n) is 11.7. The van der Waals surface area contributed by atoms with E-state index < -0.39 is 82.4 Å². The number of hydrogen-bond acceptors (Lipinski definition) is 13. The van der Waals surface area contributed by atoms with Gasteiger partial charge in [0.25, 0.3) is 0 Å². The van der Waals surface area contributed by atoms with Crippen LogP contribution in [0, 0.1) is 0 Å². The lowest BCUT2D eigenvalue weighted by molar-refractivity contribution is -0.241. The average Bonchev–Trinajstić information content (AvgIpc) is 2.81. The van der Waals surface area contributed by atoms with Crippen LogP contribution in [0.2, 0.25) is 0 Å². The summed E-state index contributed by atoms with van der Waals surface area (Å²) < 4.78 is 50.5. The summed E-state index contributed by atoms with van der Waals surface area (Å²) in [6.45, 7) is 4.93. The number of carbonyl (C=O) groups is 3. The van der Waals surface area contributed by atoms with Gasteiger partial charge in [0.15, 0.2) is 18.3 Å². The van der Waals surface area contributed by atoms with Crippen molar-refractivity contribution in [2.45, 2.75) is 95.9 Å². The molecule has 0 aromatic rings. The van der Waals surface area contributed by atoms with E-state index in [1.165, 1.54) is 0 Å². The van der Waals surface area contributed by atoms with Crippen molar-refractivity contribution in [1.29, 1.82) is 0 Å². The van der Waals surface area contributed by atoms with Crippen LogP contribution in [0.25, 0.3) is 0 Å². The largest absolute Gasteiger partial charge is 0.455 e. The number of rotatable bonds is 15. The second kappa shape index (κ2) is 15.2. The maximum absolute atomic E-state index is 12.5. The second-order valence-corrected chi connectivity index (χ2v) is 11.8. The highest BCUT2D eigenvalue weighted by molar-refractivity contribution is 7.52. The van der Waals surface area contributed by atoms with E-state index in [1.807, 2.05) is 0 Å². The van der Waals surface area contributed by atoms with Gasteiger partial charge < -0.3 is 39.3 Å². The van der Waals surface area contributed by atoms with Crippen molar-refractivity contribution in [2.24, 2.45) is 0 Å². The van der Waals surface area contributed by atoms with Crippen molar-refractivity contribution in [3.05, 3.63) is 0 Å². The molecule has 0 amide bonds. The lowest BCUT2D eigenvalue weighted by Crippen LogP contribution is -2.67. The Bertz CT molecular complexity index is 807. The number of esters is 3. The van der Waals surface area contributed by atoms with Gasteiger partial charge in [-0.05, 0) is 19.3 Å². The highest BCUT2D eigenvalue weighted by atomic mass is 31.2. The second-order valence-electron chi connectivity index (χ2n) is 8.30. The minimum atomic E-state index is -4.87. The van der Waals surface area contributed by atoms with E-state index in [2.05, 4.69) is 0 Å². The zero-order valence-electron chi connectivity index (χ0n) is 20.8. The van der Waals surface area contributed by atoms with Crippen molar-refractivity contribution in [1.82, 2.24) is 0 Å². The standard InChI is InChI=1S/C20H36O15P2/c1-4-7-12(23)31-18-16(34-36(27,28)10-21)15(26)17(35-37(29,30)11-22)19(32-13(24)8-5-2)20(18)33-14(25)9-6-3/h15-22,26H,4-11H2,1-3H3,(H,27,28)(H,29,30)/t15-,16-,17-,18+,19-,20-/m1/s1. The monoisotopic (exact) mass is 578 g/mol. The molecule has 0 spiro atoms. The highest BCUT2D eigenvalue weighted by Crippen LogP contribution is 2.49. The van der Waals surface area contributed by atoms with Gasteiger partial charge in [-0.1, -0.05) is 20.8 Å². The maximum atomic E-state index is 12.5. The summed E-state index contributed by atoms with van der Waals surface area (Å²) >= 11 is 0. The van der Waals surface area contributed by atoms with E-state index >= 15 is 0 Å². The third kappa shape index (κ3) is 10.3. The highest BCUT2D eigenvalue weighted by Gasteiger charge is 2.59. The molecule has 1 rings (SSSR count). The van der Waals surface area contributed by atoms with Gasteiger partial charge >= 0.3 is 33.1 Å². The first-order chi connectivity index (χ1) is 17.2. The minimum absolute atomic E-state index is 0.161. The van der Waals surface area contributed by atoms with E-state index in [0.717, 1.165) is 0 Å². The number of carbonyl (C=O) groups excluding carboxylic acids is 3. The fraction of sp³-hybridized carbons (Fsp3) is 0.850. The van der Waals surface area contributed by atoms with Crippen LogP contribution in [0.3, 0.4) is 0 Å². The number of ether oxygens (including phenoxy) is 3. The van der Waals surface area contributed by atoms with Gasteiger partial charge in [-0.3, -0.25) is 32.6 Å². The molecule has 1 saturated carbocycles. The molecule has 216 valence electrons. The predicted molar refractivity (Wildman–Crippen MR) is 124 cm³/mol. The molecule has 15 nitrogen and oxygen atoms in total. The third-order valence-electron chi connectivity index (χ3n) is 5.06. The predicted octanol–water partition coefficient (Wildman–Crippen LogP) is 0.537. The van der Waals surface area contributed by atoms with Gasteiger partial charge in [-0.25, -0.2) is 0 Å². The quantitative estimate of drug-likeness (QED) is 0.101. The Hall–Kier alpha value is -1.41. The molecule has 8 atom stereocenters.